The Morgan fingerprint density at radius 3 is 3.11 bits per heavy atom. The minimum Gasteiger partial charge on any atom is -0.398 e. The number of carbonyl (C=O) groups excluding carboxylic acids is 1. The van der Waals surface area contributed by atoms with Gasteiger partial charge in [0.2, 0.25) is 5.91 Å². The average Bonchev–Trinajstić information content (AvgIpc) is 2.91. The molecule has 0 bridgehead atoms. The zero-order valence-electron chi connectivity index (χ0n) is 10.5. The smallest absolute Gasteiger partial charge is 0.248 e. The maximum atomic E-state index is 12.3. The van der Waals surface area contributed by atoms with Gasteiger partial charge in [-0.15, -0.1) is 0 Å². The number of nitrogen functional groups attached to an aromatic ring is 1. The van der Waals surface area contributed by atoms with Crippen LogP contribution in [0.4, 0.5) is 11.4 Å². The number of aromatic nitrogens is 3. The van der Waals surface area contributed by atoms with Gasteiger partial charge in [-0.3, -0.25) is 4.79 Å². The number of nitrogens with two attached hydrogens (primary N) is 1. The number of carbonyl (C=O) groups is 1. The molecule has 2 heterocycles. The van der Waals surface area contributed by atoms with Crippen molar-refractivity contribution >= 4 is 17.3 Å². The number of fused-ring (bicyclic) bond motifs is 1. The van der Waals surface area contributed by atoms with Gasteiger partial charge in [-0.2, -0.15) is 5.10 Å². The van der Waals surface area contributed by atoms with E-state index in [0.717, 1.165) is 36.3 Å². The summed E-state index contributed by atoms with van der Waals surface area (Å²) in [6.45, 7) is 0.929. The van der Waals surface area contributed by atoms with Gasteiger partial charge in [0.05, 0.1) is 0 Å². The minimum atomic E-state index is 0.0112. The second-order valence-electron chi connectivity index (χ2n) is 4.59. The SMILES string of the molecule is Nc1cccc2c1CCCN2C(=O)Cn1cncn1. The van der Waals surface area contributed by atoms with Crippen molar-refractivity contribution in [3.8, 4) is 0 Å². The summed E-state index contributed by atoms with van der Waals surface area (Å²) in [5.41, 5.74) is 8.73. The molecule has 0 spiro atoms. The molecule has 1 aromatic carbocycles. The second-order valence-corrected chi connectivity index (χ2v) is 4.59. The number of rotatable bonds is 2. The molecule has 6 heteroatoms. The van der Waals surface area contributed by atoms with E-state index >= 15 is 0 Å². The average molecular weight is 257 g/mol. The fourth-order valence-corrected chi connectivity index (χ4v) is 2.45. The lowest BCUT2D eigenvalue weighted by atomic mass is 10.00. The third-order valence-corrected chi connectivity index (χ3v) is 3.35. The predicted molar refractivity (Wildman–Crippen MR) is 71.6 cm³/mol. The van der Waals surface area contributed by atoms with Crippen LogP contribution in [0.5, 0.6) is 0 Å². The number of amides is 1. The maximum Gasteiger partial charge on any atom is 0.248 e. The normalized spacial score (nSPS) is 14.2. The molecule has 0 saturated carbocycles. The van der Waals surface area contributed by atoms with Gasteiger partial charge in [-0.05, 0) is 30.5 Å². The molecule has 3 rings (SSSR count). The molecule has 2 aromatic rings. The number of hydrogen-bond donors (Lipinski definition) is 1. The van der Waals surface area contributed by atoms with Crippen LogP contribution in [0.2, 0.25) is 0 Å². The molecule has 19 heavy (non-hydrogen) atoms. The monoisotopic (exact) mass is 257 g/mol. The zero-order valence-corrected chi connectivity index (χ0v) is 10.5. The van der Waals surface area contributed by atoms with Gasteiger partial charge in [-0.1, -0.05) is 6.07 Å². The highest BCUT2D eigenvalue weighted by Crippen LogP contribution is 2.31. The molecular weight excluding hydrogens is 242 g/mol. The molecule has 0 fully saturated rings. The van der Waals surface area contributed by atoms with Crippen LogP contribution in [0.25, 0.3) is 0 Å². The van der Waals surface area contributed by atoms with Crippen LogP contribution >= 0.6 is 0 Å². The summed E-state index contributed by atoms with van der Waals surface area (Å²) in [4.78, 5) is 18.0. The summed E-state index contributed by atoms with van der Waals surface area (Å²) in [6.07, 6.45) is 4.83. The third-order valence-electron chi connectivity index (χ3n) is 3.35. The molecule has 2 N–H and O–H groups in total. The Morgan fingerprint density at radius 1 is 1.42 bits per heavy atom. The minimum absolute atomic E-state index is 0.0112. The Labute approximate surface area is 110 Å². The Morgan fingerprint density at radius 2 is 2.32 bits per heavy atom. The van der Waals surface area contributed by atoms with Crippen LogP contribution in [0.15, 0.2) is 30.9 Å². The highest BCUT2D eigenvalue weighted by atomic mass is 16.2. The second kappa shape index (κ2) is 4.72. The molecule has 1 aliphatic rings. The van der Waals surface area contributed by atoms with Crippen molar-refractivity contribution in [2.24, 2.45) is 0 Å². The van der Waals surface area contributed by atoms with E-state index in [-0.39, 0.29) is 12.5 Å². The van der Waals surface area contributed by atoms with Crippen LogP contribution in [0, 0.1) is 0 Å². The van der Waals surface area contributed by atoms with E-state index in [9.17, 15) is 4.79 Å². The molecule has 1 aliphatic heterocycles. The Bertz CT molecular complexity index is 593. The van der Waals surface area contributed by atoms with Crippen LogP contribution in [-0.4, -0.2) is 27.2 Å². The summed E-state index contributed by atoms with van der Waals surface area (Å²) >= 11 is 0. The molecule has 1 amide bonds. The molecule has 1 aromatic heterocycles. The van der Waals surface area contributed by atoms with Crippen LogP contribution < -0.4 is 10.6 Å². The lowest BCUT2D eigenvalue weighted by Gasteiger charge is -2.30. The van der Waals surface area contributed by atoms with E-state index < -0.39 is 0 Å². The lowest BCUT2D eigenvalue weighted by Crippen LogP contribution is -2.38. The van der Waals surface area contributed by atoms with Crippen molar-refractivity contribution in [1.29, 1.82) is 0 Å². The summed E-state index contributed by atoms with van der Waals surface area (Å²) in [6, 6.07) is 5.71. The quantitative estimate of drug-likeness (QED) is 0.809. The Kier molecular flexibility index (Phi) is 2.91. The molecular formula is C13H15N5O. The van der Waals surface area contributed by atoms with Crippen LogP contribution in [0.1, 0.15) is 12.0 Å². The summed E-state index contributed by atoms with van der Waals surface area (Å²) in [5, 5.41) is 3.96. The molecule has 0 unspecified atom stereocenters. The molecule has 0 radical (unpaired) electrons. The topological polar surface area (TPSA) is 77.0 Å². The maximum absolute atomic E-state index is 12.3. The van der Waals surface area contributed by atoms with Crippen molar-refractivity contribution in [3.05, 3.63) is 36.4 Å². The lowest BCUT2D eigenvalue weighted by molar-refractivity contribution is -0.119. The van der Waals surface area contributed by atoms with Gasteiger partial charge >= 0.3 is 0 Å². The fourth-order valence-electron chi connectivity index (χ4n) is 2.45. The predicted octanol–water partition coefficient (Wildman–Crippen LogP) is 0.840. The first kappa shape index (κ1) is 11.7. The first-order valence-corrected chi connectivity index (χ1v) is 6.26. The van der Waals surface area contributed by atoms with E-state index in [4.69, 9.17) is 5.73 Å². The van der Waals surface area contributed by atoms with Crippen molar-refractivity contribution in [1.82, 2.24) is 14.8 Å². The van der Waals surface area contributed by atoms with E-state index in [1.165, 1.54) is 11.0 Å². The van der Waals surface area contributed by atoms with Gasteiger partial charge in [0.25, 0.3) is 0 Å². The van der Waals surface area contributed by atoms with Gasteiger partial charge in [-0.25, -0.2) is 9.67 Å². The number of nitrogens with zero attached hydrogens (tertiary/aromatic N) is 4. The van der Waals surface area contributed by atoms with Crippen LogP contribution in [-0.2, 0) is 17.8 Å². The largest absolute Gasteiger partial charge is 0.398 e. The van der Waals surface area contributed by atoms with E-state index in [1.807, 2.05) is 18.2 Å². The Balaban J connectivity index is 1.87. The summed E-state index contributed by atoms with van der Waals surface area (Å²) in [5.74, 6) is 0.0112. The molecule has 0 saturated heterocycles. The van der Waals surface area contributed by atoms with E-state index in [0.29, 0.717) is 0 Å². The molecule has 98 valence electrons. The standard InChI is InChI=1S/C13H15N5O/c14-11-4-1-5-12-10(11)3-2-6-18(12)13(19)7-17-9-15-8-16-17/h1,4-5,8-9H,2-3,6-7,14H2. The van der Waals surface area contributed by atoms with E-state index in [2.05, 4.69) is 10.1 Å². The molecule has 6 nitrogen and oxygen atoms in total. The van der Waals surface area contributed by atoms with Gasteiger partial charge in [0.15, 0.2) is 0 Å². The van der Waals surface area contributed by atoms with Gasteiger partial charge < -0.3 is 10.6 Å². The van der Waals surface area contributed by atoms with Crippen LogP contribution in [0.3, 0.4) is 0 Å². The van der Waals surface area contributed by atoms with Gasteiger partial charge in [0, 0.05) is 17.9 Å². The van der Waals surface area contributed by atoms with Crippen molar-refractivity contribution < 1.29 is 4.79 Å². The number of anilines is 2. The zero-order chi connectivity index (χ0) is 13.2. The Hall–Kier alpha value is -2.37. The summed E-state index contributed by atoms with van der Waals surface area (Å²) in [7, 11) is 0. The first-order valence-electron chi connectivity index (χ1n) is 6.26. The first-order chi connectivity index (χ1) is 9.25. The van der Waals surface area contributed by atoms with Crippen molar-refractivity contribution in [3.63, 3.8) is 0 Å². The number of hydrogen-bond acceptors (Lipinski definition) is 4. The van der Waals surface area contributed by atoms with E-state index in [1.54, 1.807) is 11.2 Å². The van der Waals surface area contributed by atoms with Crippen molar-refractivity contribution in [2.75, 3.05) is 17.2 Å². The van der Waals surface area contributed by atoms with Gasteiger partial charge in [0.1, 0.15) is 19.2 Å². The summed E-state index contributed by atoms with van der Waals surface area (Å²) < 4.78 is 1.53. The molecule has 0 atom stereocenters. The highest BCUT2D eigenvalue weighted by Gasteiger charge is 2.23. The fraction of sp³-hybridized carbons (Fsp3) is 0.308. The van der Waals surface area contributed by atoms with Crippen molar-refractivity contribution in [2.45, 2.75) is 19.4 Å². The molecule has 0 aliphatic carbocycles. The highest BCUT2D eigenvalue weighted by molar-refractivity contribution is 5.95. The third kappa shape index (κ3) is 2.16. The number of benzene rings is 1.